The Balaban J connectivity index is 2.93. The lowest BCUT2D eigenvalue weighted by molar-refractivity contribution is 0.992. The van der Waals surface area contributed by atoms with Gasteiger partial charge in [-0.25, -0.2) is 9.38 Å². The van der Waals surface area contributed by atoms with E-state index >= 15 is 0 Å². The van der Waals surface area contributed by atoms with Crippen molar-refractivity contribution in [2.75, 3.05) is 5.73 Å². The van der Waals surface area contributed by atoms with Crippen molar-refractivity contribution in [3.8, 4) is 0 Å². The number of rotatable bonds is 0. The van der Waals surface area contributed by atoms with Crippen LogP contribution in [0.3, 0.4) is 0 Å². The fourth-order valence-electron chi connectivity index (χ4n) is 1.08. The van der Waals surface area contributed by atoms with Gasteiger partial charge in [-0.3, -0.25) is 0 Å². The molecule has 2 rings (SSSR count). The molecule has 0 bridgehead atoms. The van der Waals surface area contributed by atoms with Crippen molar-refractivity contribution in [2.24, 2.45) is 0 Å². The summed E-state index contributed by atoms with van der Waals surface area (Å²) in [4.78, 5) is 4.00. The van der Waals surface area contributed by atoms with Gasteiger partial charge in [0.2, 0.25) is 5.95 Å². The summed E-state index contributed by atoms with van der Waals surface area (Å²) in [6.07, 6.45) is 0. The number of nitrogens with zero attached hydrogens (tertiary/aromatic N) is 4. The Morgan fingerprint density at radius 1 is 1.50 bits per heavy atom. The first-order valence-corrected chi connectivity index (χ1v) is 3.70. The molecule has 0 fully saturated rings. The molecule has 2 heterocycles. The molecule has 0 aliphatic heterocycles. The first-order chi connectivity index (χ1) is 5.68. The Morgan fingerprint density at radius 2 is 2.25 bits per heavy atom. The summed E-state index contributed by atoms with van der Waals surface area (Å²) in [5.41, 5.74) is 6.15. The van der Waals surface area contributed by atoms with Crippen LogP contribution in [-0.2, 0) is 0 Å². The average molecular weight is 184 g/mol. The van der Waals surface area contributed by atoms with Gasteiger partial charge >= 0.3 is 0 Å². The van der Waals surface area contributed by atoms with Gasteiger partial charge in [-0.1, -0.05) is 11.6 Å². The van der Waals surface area contributed by atoms with E-state index in [-0.39, 0.29) is 0 Å². The van der Waals surface area contributed by atoms with Gasteiger partial charge in [0.1, 0.15) is 11.0 Å². The van der Waals surface area contributed by atoms with Gasteiger partial charge in [-0.05, 0) is 6.92 Å². The van der Waals surface area contributed by atoms with Crippen LogP contribution in [0, 0.1) is 6.92 Å². The molecule has 62 valence electrons. The number of hydrogen-bond acceptors (Lipinski definition) is 4. The predicted molar refractivity (Wildman–Crippen MR) is 44.9 cm³/mol. The molecule has 2 N–H and O–H groups in total. The molecule has 0 unspecified atom stereocenters. The number of anilines is 1. The fraction of sp³-hybridized carbons (Fsp3) is 0.167. The molecule has 0 aliphatic carbocycles. The topological polar surface area (TPSA) is 69.1 Å². The Morgan fingerprint density at radius 3 is 3.00 bits per heavy atom. The van der Waals surface area contributed by atoms with E-state index in [0.717, 1.165) is 0 Å². The molecule has 5 nitrogen and oxygen atoms in total. The number of aryl methyl sites for hydroxylation is 1. The summed E-state index contributed by atoms with van der Waals surface area (Å²) in [6, 6.07) is 1.61. The normalized spacial score (nSPS) is 10.8. The van der Waals surface area contributed by atoms with E-state index in [0.29, 0.717) is 22.6 Å². The molecule has 2 aromatic rings. The third-order valence-electron chi connectivity index (χ3n) is 1.55. The number of aromatic nitrogens is 4. The van der Waals surface area contributed by atoms with Crippen LogP contribution in [0.4, 0.5) is 5.95 Å². The monoisotopic (exact) mass is 183 g/mol. The van der Waals surface area contributed by atoms with Gasteiger partial charge < -0.3 is 5.73 Å². The zero-order valence-corrected chi connectivity index (χ0v) is 7.08. The van der Waals surface area contributed by atoms with Gasteiger partial charge in [-0.2, -0.15) is 0 Å². The van der Waals surface area contributed by atoms with E-state index in [1.54, 1.807) is 17.4 Å². The molecule has 0 atom stereocenters. The first kappa shape index (κ1) is 7.30. The maximum atomic E-state index is 5.70. The van der Waals surface area contributed by atoms with Crippen LogP contribution in [0.2, 0.25) is 5.15 Å². The maximum Gasteiger partial charge on any atom is 0.227 e. The second-order valence-electron chi connectivity index (χ2n) is 2.38. The minimum Gasteiger partial charge on any atom is -0.368 e. The molecule has 0 saturated carbocycles. The number of fused-ring (bicyclic) bond motifs is 1. The lowest BCUT2D eigenvalue weighted by Gasteiger charge is -1.98. The van der Waals surface area contributed by atoms with Crippen LogP contribution in [0.5, 0.6) is 0 Å². The van der Waals surface area contributed by atoms with E-state index in [4.69, 9.17) is 17.3 Å². The lowest BCUT2D eigenvalue weighted by atomic mass is 10.5. The summed E-state index contributed by atoms with van der Waals surface area (Å²) < 4.78 is 1.63. The van der Waals surface area contributed by atoms with E-state index in [1.807, 2.05) is 0 Å². The zero-order valence-electron chi connectivity index (χ0n) is 6.32. The summed E-state index contributed by atoms with van der Waals surface area (Å²) in [5.74, 6) is 1.01. The molecule has 0 aliphatic rings. The van der Waals surface area contributed by atoms with Gasteiger partial charge in [0.05, 0.1) is 0 Å². The Hall–Kier alpha value is -1.36. The Kier molecular flexibility index (Phi) is 1.41. The second kappa shape index (κ2) is 2.31. The Labute approximate surface area is 73.2 Å². The van der Waals surface area contributed by atoms with E-state index in [1.165, 1.54) is 0 Å². The minimum atomic E-state index is 0.326. The standard InChI is InChI=1S/C6H6ClN5/c1-3-9-4(7)2-5-10-11-6(8)12(3)5/h2H,1H3,(H2,8,11). The summed E-state index contributed by atoms with van der Waals surface area (Å²) >= 11 is 5.70. The van der Waals surface area contributed by atoms with E-state index in [9.17, 15) is 0 Å². The predicted octanol–water partition coefficient (Wildman–Crippen LogP) is 0.668. The molecule has 0 spiro atoms. The molecular weight excluding hydrogens is 178 g/mol. The second-order valence-corrected chi connectivity index (χ2v) is 2.77. The molecule has 12 heavy (non-hydrogen) atoms. The maximum absolute atomic E-state index is 5.70. The SMILES string of the molecule is Cc1nc(Cl)cc2nnc(N)n12. The fourth-order valence-corrected chi connectivity index (χ4v) is 1.30. The van der Waals surface area contributed by atoms with Crippen LogP contribution >= 0.6 is 11.6 Å². The highest BCUT2D eigenvalue weighted by atomic mass is 35.5. The van der Waals surface area contributed by atoms with Crippen molar-refractivity contribution in [3.05, 3.63) is 17.0 Å². The van der Waals surface area contributed by atoms with Crippen LogP contribution in [0.25, 0.3) is 5.65 Å². The number of nitrogen functional groups attached to an aromatic ring is 1. The molecule has 0 saturated heterocycles. The number of hydrogen-bond donors (Lipinski definition) is 1. The van der Waals surface area contributed by atoms with Gasteiger partial charge in [0, 0.05) is 6.07 Å². The zero-order chi connectivity index (χ0) is 8.72. The highest BCUT2D eigenvalue weighted by Gasteiger charge is 2.05. The third kappa shape index (κ3) is 0.902. The highest BCUT2D eigenvalue weighted by Crippen LogP contribution is 2.12. The average Bonchev–Trinajstić information content (AvgIpc) is 2.31. The number of halogens is 1. The van der Waals surface area contributed by atoms with Crippen LogP contribution in [-0.4, -0.2) is 19.6 Å². The highest BCUT2D eigenvalue weighted by molar-refractivity contribution is 6.29. The Bertz CT molecular complexity index is 435. The van der Waals surface area contributed by atoms with Crippen molar-refractivity contribution in [1.82, 2.24) is 19.6 Å². The van der Waals surface area contributed by atoms with Crippen LogP contribution < -0.4 is 5.73 Å². The number of nitrogens with two attached hydrogens (primary N) is 1. The molecule has 6 heteroatoms. The molecule has 0 amide bonds. The van der Waals surface area contributed by atoms with Crippen molar-refractivity contribution in [2.45, 2.75) is 6.92 Å². The molecule has 2 aromatic heterocycles. The summed E-state index contributed by atoms with van der Waals surface area (Å²) in [7, 11) is 0. The largest absolute Gasteiger partial charge is 0.368 e. The molecule has 0 aromatic carbocycles. The van der Waals surface area contributed by atoms with E-state index < -0.39 is 0 Å². The summed E-state index contributed by atoms with van der Waals surface area (Å²) in [5, 5.41) is 7.89. The van der Waals surface area contributed by atoms with Crippen LogP contribution in [0.15, 0.2) is 6.07 Å². The smallest absolute Gasteiger partial charge is 0.227 e. The minimum absolute atomic E-state index is 0.326. The lowest BCUT2D eigenvalue weighted by Crippen LogP contribution is -2.00. The van der Waals surface area contributed by atoms with E-state index in [2.05, 4.69) is 15.2 Å². The van der Waals surface area contributed by atoms with Gasteiger partial charge in [0.25, 0.3) is 0 Å². The molecule has 0 radical (unpaired) electrons. The van der Waals surface area contributed by atoms with Crippen molar-refractivity contribution < 1.29 is 0 Å². The van der Waals surface area contributed by atoms with Crippen LogP contribution in [0.1, 0.15) is 5.82 Å². The molecular formula is C6H6ClN5. The van der Waals surface area contributed by atoms with Crippen molar-refractivity contribution in [1.29, 1.82) is 0 Å². The van der Waals surface area contributed by atoms with Gasteiger partial charge in [-0.15, -0.1) is 10.2 Å². The van der Waals surface area contributed by atoms with Crippen molar-refractivity contribution >= 4 is 23.2 Å². The summed E-state index contributed by atoms with van der Waals surface area (Å²) in [6.45, 7) is 1.79. The van der Waals surface area contributed by atoms with Crippen molar-refractivity contribution in [3.63, 3.8) is 0 Å². The van der Waals surface area contributed by atoms with Gasteiger partial charge in [0.15, 0.2) is 5.65 Å². The quantitative estimate of drug-likeness (QED) is 0.610. The third-order valence-corrected chi connectivity index (χ3v) is 1.75. The first-order valence-electron chi connectivity index (χ1n) is 3.32.